The molecule has 0 aromatic heterocycles. The predicted molar refractivity (Wildman–Crippen MR) is 107 cm³/mol. The minimum absolute atomic E-state index is 0.554. The first kappa shape index (κ1) is 16.3. The largest absolute Gasteiger partial charge is 0.497 e. The number of fused-ring (bicyclic) bond motifs is 3. The summed E-state index contributed by atoms with van der Waals surface area (Å²) < 4.78 is 18.0. The van der Waals surface area contributed by atoms with Crippen LogP contribution in [0.5, 0.6) is 5.75 Å². The fourth-order valence-electron chi connectivity index (χ4n) is 4.04. The van der Waals surface area contributed by atoms with Crippen LogP contribution in [0.15, 0.2) is 78.9 Å². The number of ether oxygens (including phenoxy) is 3. The highest BCUT2D eigenvalue weighted by atomic mass is 16.7. The van der Waals surface area contributed by atoms with Gasteiger partial charge in [0, 0.05) is 11.1 Å². The molecule has 0 bridgehead atoms. The molecular weight excluding hydrogens is 336 g/mol. The normalized spacial score (nSPS) is 16.0. The smallest absolute Gasteiger partial charge is 0.223 e. The average molecular weight is 356 g/mol. The molecule has 4 aromatic carbocycles. The van der Waals surface area contributed by atoms with E-state index in [9.17, 15) is 0 Å². The molecule has 1 saturated heterocycles. The lowest BCUT2D eigenvalue weighted by Crippen LogP contribution is -2.29. The van der Waals surface area contributed by atoms with Crippen LogP contribution >= 0.6 is 0 Å². The molecule has 27 heavy (non-hydrogen) atoms. The van der Waals surface area contributed by atoms with Crippen molar-refractivity contribution in [1.82, 2.24) is 0 Å². The van der Waals surface area contributed by atoms with E-state index in [2.05, 4.69) is 54.6 Å². The Kier molecular flexibility index (Phi) is 3.85. The third kappa shape index (κ3) is 2.51. The Balaban J connectivity index is 1.85. The second-order valence-corrected chi connectivity index (χ2v) is 6.74. The molecular formula is C24H20O3. The molecule has 0 radical (unpaired) electrons. The molecule has 0 unspecified atom stereocenters. The molecule has 3 heteroatoms. The molecule has 0 spiro atoms. The van der Waals surface area contributed by atoms with Gasteiger partial charge in [0.05, 0.1) is 20.3 Å². The van der Waals surface area contributed by atoms with Crippen LogP contribution in [-0.4, -0.2) is 20.3 Å². The van der Waals surface area contributed by atoms with Crippen molar-refractivity contribution in [1.29, 1.82) is 0 Å². The van der Waals surface area contributed by atoms with Crippen LogP contribution < -0.4 is 4.74 Å². The highest BCUT2D eigenvalue weighted by molar-refractivity contribution is 6.09. The lowest BCUT2D eigenvalue weighted by atomic mass is 9.89. The van der Waals surface area contributed by atoms with Gasteiger partial charge in [-0.2, -0.15) is 0 Å². The van der Waals surface area contributed by atoms with Crippen LogP contribution in [0.25, 0.3) is 21.5 Å². The van der Waals surface area contributed by atoms with Gasteiger partial charge in [-0.05, 0) is 39.7 Å². The lowest BCUT2D eigenvalue weighted by Gasteiger charge is -2.30. The highest BCUT2D eigenvalue weighted by Crippen LogP contribution is 2.44. The summed E-state index contributed by atoms with van der Waals surface area (Å²) in [6, 6.07) is 27.0. The maximum Gasteiger partial charge on any atom is 0.223 e. The molecule has 3 nitrogen and oxygen atoms in total. The first-order chi connectivity index (χ1) is 13.3. The molecule has 0 atom stereocenters. The van der Waals surface area contributed by atoms with Crippen molar-refractivity contribution < 1.29 is 14.2 Å². The zero-order valence-corrected chi connectivity index (χ0v) is 15.1. The first-order valence-corrected chi connectivity index (χ1v) is 9.15. The Morgan fingerprint density at radius 1 is 0.741 bits per heavy atom. The Morgan fingerprint density at radius 3 is 2.22 bits per heavy atom. The molecule has 1 heterocycles. The number of hydrogen-bond donors (Lipinski definition) is 0. The van der Waals surface area contributed by atoms with Crippen molar-refractivity contribution in [3.63, 3.8) is 0 Å². The number of hydrogen-bond acceptors (Lipinski definition) is 3. The van der Waals surface area contributed by atoms with Gasteiger partial charge < -0.3 is 14.2 Å². The zero-order valence-electron chi connectivity index (χ0n) is 15.1. The van der Waals surface area contributed by atoms with Crippen molar-refractivity contribution in [3.8, 4) is 5.75 Å². The molecule has 4 aromatic rings. The topological polar surface area (TPSA) is 27.7 Å². The molecule has 0 aliphatic carbocycles. The third-order valence-corrected chi connectivity index (χ3v) is 5.27. The average Bonchev–Trinajstić information content (AvgIpc) is 3.24. The van der Waals surface area contributed by atoms with Gasteiger partial charge in [-0.15, -0.1) is 0 Å². The van der Waals surface area contributed by atoms with Gasteiger partial charge in [0.1, 0.15) is 5.75 Å². The summed E-state index contributed by atoms with van der Waals surface area (Å²) in [5.74, 6) is -0.144. The third-order valence-electron chi connectivity index (χ3n) is 5.27. The van der Waals surface area contributed by atoms with Crippen LogP contribution in [0.1, 0.15) is 11.1 Å². The van der Waals surface area contributed by atoms with E-state index < -0.39 is 5.79 Å². The van der Waals surface area contributed by atoms with Crippen molar-refractivity contribution in [3.05, 3.63) is 90.0 Å². The van der Waals surface area contributed by atoms with E-state index in [1.165, 1.54) is 16.2 Å². The highest BCUT2D eigenvalue weighted by Gasteiger charge is 2.42. The predicted octanol–water partition coefficient (Wildman–Crippen LogP) is 5.25. The summed E-state index contributed by atoms with van der Waals surface area (Å²) in [7, 11) is 1.67. The fourth-order valence-corrected chi connectivity index (χ4v) is 4.04. The van der Waals surface area contributed by atoms with Crippen LogP contribution in [-0.2, 0) is 15.3 Å². The Labute approximate surface area is 158 Å². The second-order valence-electron chi connectivity index (χ2n) is 6.74. The van der Waals surface area contributed by atoms with Gasteiger partial charge in [-0.1, -0.05) is 60.7 Å². The molecule has 5 rings (SSSR count). The van der Waals surface area contributed by atoms with Crippen molar-refractivity contribution >= 4 is 21.5 Å². The maximum atomic E-state index is 6.29. The van der Waals surface area contributed by atoms with Crippen molar-refractivity contribution in [2.75, 3.05) is 20.3 Å². The molecule has 1 aliphatic rings. The monoisotopic (exact) mass is 356 g/mol. The SMILES string of the molecule is COc1cccc(C2(c3cc4ccccc4c4ccccc34)OCCO2)c1. The number of methoxy groups -OCH3 is 1. The maximum absolute atomic E-state index is 6.29. The first-order valence-electron chi connectivity index (χ1n) is 9.15. The van der Waals surface area contributed by atoms with Gasteiger partial charge in [-0.3, -0.25) is 0 Å². The van der Waals surface area contributed by atoms with E-state index in [-0.39, 0.29) is 0 Å². The van der Waals surface area contributed by atoms with Crippen LogP contribution in [0.2, 0.25) is 0 Å². The minimum atomic E-state index is -0.932. The van der Waals surface area contributed by atoms with E-state index in [4.69, 9.17) is 14.2 Å². The molecule has 1 aliphatic heterocycles. The summed E-state index contributed by atoms with van der Waals surface area (Å²) in [5.41, 5.74) is 1.97. The van der Waals surface area contributed by atoms with Crippen LogP contribution in [0.4, 0.5) is 0 Å². The van der Waals surface area contributed by atoms with E-state index in [0.29, 0.717) is 13.2 Å². The molecule has 0 saturated carbocycles. The molecule has 0 amide bonds. The van der Waals surface area contributed by atoms with Crippen molar-refractivity contribution in [2.45, 2.75) is 5.79 Å². The van der Waals surface area contributed by atoms with Crippen molar-refractivity contribution in [2.24, 2.45) is 0 Å². The van der Waals surface area contributed by atoms with Gasteiger partial charge >= 0.3 is 0 Å². The zero-order chi connectivity index (χ0) is 18.3. The minimum Gasteiger partial charge on any atom is -0.497 e. The van der Waals surface area contributed by atoms with Crippen LogP contribution in [0.3, 0.4) is 0 Å². The van der Waals surface area contributed by atoms with E-state index in [0.717, 1.165) is 22.3 Å². The van der Waals surface area contributed by atoms with Gasteiger partial charge in [-0.25, -0.2) is 0 Å². The van der Waals surface area contributed by atoms with E-state index in [1.54, 1.807) is 7.11 Å². The fraction of sp³-hybridized carbons (Fsp3) is 0.167. The summed E-state index contributed by atoms with van der Waals surface area (Å²) >= 11 is 0. The van der Waals surface area contributed by atoms with Gasteiger partial charge in [0.25, 0.3) is 0 Å². The summed E-state index contributed by atoms with van der Waals surface area (Å²) in [6.07, 6.45) is 0. The Bertz CT molecular complexity index is 1130. The number of benzene rings is 4. The quantitative estimate of drug-likeness (QED) is 0.469. The molecule has 0 N–H and O–H groups in total. The molecule has 134 valence electrons. The van der Waals surface area contributed by atoms with E-state index >= 15 is 0 Å². The van der Waals surface area contributed by atoms with Gasteiger partial charge in [0.2, 0.25) is 5.79 Å². The lowest BCUT2D eigenvalue weighted by molar-refractivity contribution is -0.128. The summed E-state index contributed by atoms with van der Waals surface area (Å²) in [4.78, 5) is 0. The number of rotatable bonds is 3. The van der Waals surface area contributed by atoms with Gasteiger partial charge in [0.15, 0.2) is 0 Å². The Hall–Kier alpha value is -2.88. The van der Waals surface area contributed by atoms with E-state index in [1.807, 2.05) is 24.3 Å². The Morgan fingerprint density at radius 2 is 1.44 bits per heavy atom. The molecule has 1 fully saturated rings. The summed E-state index contributed by atoms with van der Waals surface area (Å²) in [6.45, 7) is 1.11. The summed E-state index contributed by atoms with van der Waals surface area (Å²) in [5, 5.41) is 4.75. The van der Waals surface area contributed by atoms with Crippen LogP contribution in [0, 0.1) is 0 Å². The second kappa shape index (κ2) is 6.38. The standard InChI is InChI=1S/C24H20O3/c1-25-19-9-6-8-18(16-19)24(26-13-14-27-24)23-15-17-7-2-3-10-20(17)21-11-4-5-12-22(21)23/h2-12,15-16H,13-14H2,1H3.